The Morgan fingerprint density at radius 1 is 1.31 bits per heavy atom. The minimum absolute atomic E-state index is 0.0373. The van der Waals surface area contributed by atoms with Crippen molar-refractivity contribution >= 4 is 34.8 Å². The van der Waals surface area contributed by atoms with E-state index in [-0.39, 0.29) is 17.1 Å². The highest BCUT2D eigenvalue weighted by Crippen LogP contribution is 2.39. The van der Waals surface area contributed by atoms with E-state index >= 15 is 0 Å². The summed E-state index contributed by atoms with van der Waals surface area (Å²) >= 11 is 0. The molecule has 29 heavy (non-hydrogen) atoms. The van der Waals surface area contributed by atoms with Crippen molar-refractivity contribution in [1.82, 2.24) is 9.55 Å². The van der Waals surface area contributed by atoms with Crippen molar-refractivity contribution in [3.63, 3.8) is 0 Å². The molecular weight excluding hydrogens is 378 g/mol. The number of aliphatic carboxylic acids is 1. The predicted octanol–water partition coefficient (Wildman–Crippen LogP) is 2.91. The molecule has 9 nitrogen and oxygen atoms in total. The van der Waals surface area contributed by atoms with Crippen LogP contribution in [0.15, 0.2) is 18.5 Å². The second-order valence-electron chi connectivity index (χ2n) is 8.14. The van der Waals surface area contributed by atoms with Gasteiger partial charge in [-0.3, -0.25) is 0 Å². The van der Waals surface area contributed by atoms with Gasteiger partial charge in [-0.25, -0.2) is 23.9 Å². The van der Waals surface area contributed by atoms with Crippen molar-refractivity contribution < 1.29 is 29.0 Å². The topological polar surface area (TPSA) is 111 Å². The third kappa shape index (κ3) is 4.03. The number of carboxylic acid groups (broad SMARTS) is 1. The molecule has 0 aromatic carbocycles. The monoisotopic (exact) mass is 403 g/mol. The molecule has 2 aromatic rings. The normalized spacial score (nSPS) is 15.1. The molecule has 0 amide bonds. The summed E-state index contributed by atoms with van der Waals surface area (Å²) in [5.41, 5.74) is 0.0534. The number of anilines is 1. The molecule has 0 aliphatic heterocycles. The molecule has 156 valence electrons. The maximum absolute atomic E-state index is 12.7. The molecule has 1 aliphatic rings. The Labute approximate surface area is 168 Å². The zero-order chi connectivity index (χ0) is 21.5. The number of esters is 1. The summed E-state index contributed by atoms with van der Waals surface area (Å²) in [6.07, 6.45) is 3.77. The van der Waals surface area contributed by atoms with Crippen LogP contribution < -0.4 is 4.90 Å². The number of nitrogens with zero attached hydrogens (tertiary/aromatic N) is 3. The van der Waals surface area contributed by atoms with E-state index in [1.807, 2.05) is 0 Å². The van der Waals surface area contributed by atoms with Crippen LogP contribution in [-0.2, 0) is 14.3 Å². The molecule has 0 bridgehead atoms. The van der Waals surface area contributed by atoms with Crippen molar-refractivity contribution in [2.75, 3.05) is 19.1 Å². The number of carboxylic acids is 1. The third-order valence-corrected chi connectivity index (χ3v) is 4.78. The first kappa shape index (κ1) is 20.6. The Bertz CT molecular complexity index is 970. The number of fused-ring (bicyclic) bond motifs is 1. The first-order chi connectivity index (χ1) is 13.5. The SMILES string of the molecule is COC(=O)c1cn(C(=O)OC(C)(C)C)c2nccc(N(C)[C@@H](C(=O)O)C3CC3)c12. The number of rotatable bonds is 5. The van der Waals surface area contributed by atoms with Gasteiger partial charge in [0.25, 0.3) is 0 Å². The molecule has 0 spiro atoms. The van der Waals surface area contributed by atoms with E-state index in [4.69, 9.17) is 9.47 Å². The van der Waals surface area contributed by atoms with Gasteiger partial charge in [0, 0.05) is 19.4 Å². The third-order valence-electron chi connectivity index (χ3n) is 4.78. The maximum atomic E-state index is 12.7. The highest BCUT2D eigenvalue weighted by Gasteiger charge is 2.40. The number of hydrogen-bond donors (Lipinski definition) is 1. The van der Waals surface area contributed by atoms with Crippen LogP contribution >= 0.6 is 0 Å². The predicted molar refractivity (Wildman–Crippen MR) is 105 cm³/mol. The average molecular weight is 403 g/mol. The van der Waals surface area contributed by atoms with E-state index in [0.717, 1.165) is 17.4 Å². The molecular formula is C20H25N3O6. The van der Waals surface area contributed by atoms with Crippen molar-refractivity contribution in [3.8, 4) is 0 Å². The maximum Gasteiger partial charge on any atom is 0.420 e. The first-order valence-electron chi connectivity index (χ1n) is 9.32. The van der Waals surface area contributed by atoms with Gasteiger partial charge in [0.15, 0.2) is 5.65 Å². The van der Waals surface area contributed by atoms with E-state index in [1.165, 1.54) is 19.5 Å². The number of aromatic nitrogens is 2. The molecule has 3 rings (SSSR count). The molecule has 9 heteroatoms. The second kappa shape index (κ2) is 7.38. The van der Waals surface area contributed by atoms with Crippen LogP contribution in [0.3, 0.4) is 0 Å². The fraction of sp³-hybridized carbons (Fsp3) is 0.500. The standard InChI is InChI=1S/C20H25N3O6/c1-20(2,3)29-19(27)23-10-12(18(26)28-5)14-13(8-9-21-16(14)23)22(4)15(17(24)25)11-6-7-11/h8-11,15H,6-7H2,1-5H3,(H,24,25)/t15-/m1/s1. The summed E-state index contributed by atoms with van der Waals surface area (Å²) < 4.78 is 11.4. The van der Waals surface area contributed by atoms with Crippen molar-refractivity contribution in [2.45, 2.75) is 45.3 Å². The van der Waals surface area contributed by atoms with Gasteiger partial charge in [-0.15, -0.1) is 0 Å². The lowest BCUT2D eigenvalue weighted by molar-refractivity contribution is -0.139. The number of carbonyl (C=O) groups is 3. The Morgan fingerprint density at radius 2 is 1.97 bits per heavy atom. The van der Waals surface area contributed by atoms with E-state index in [9.17, 15) is 19.5 Å². The minimum Gasteiger partial charge on any atom is -0.480 e. The molecule has 2 heterocycles. The molecule has 2 aromatic heterocycles. The Balaban J connectivity index is 2.18. The van der Waals surface area contributed by atoms with Crippen molar-refractivity contribution in [1.29, 1.82) is 0 Å². The fourth-order valence-electron chi connectivity index (χ4n) is 3.39. The Morgan fingerprint density at radius 3 is 2.48 bits per heavy atom. The average Bonchev–Trinajstić information content (AvgIpc) is 3.37. The molecule has 0 unspecified atom stereocenters. The van der Waals surface area contributed by atoms with Crippen LogP contribution in [0, 0.1) is 5.92 Å². The summed E-state index contributed by atoms with van der Waals surface area (Å²) in [5.74, 6) is -1.56. The largest absolute Gasteiger partial charge is 0.480 e. The van der Waals surface area contributed by atoms with Gasteiger partial charge in [-0.05, 0) is 45.6 Å². The van der Waals surface area contributed by atoms with Crippen LogP contribution in [0.5, 0.6) is 0 Å². The number of likely N-dealkylation sites (N-methyl/N-ethyl adjacent to an activating group) is 1. The number of hydrogen-bond acceptors (Lipinski definition) is 7. The van der Waals surface area contributed by atoms with Gasteiger partial charge in [-0.1, -0.05) is 0 Å². The quantitative estimate of drug-likeness (QED) is 0.759. The summed E-state index contributed by atoms with van der Waals surface area (Å²) in [6.45, 7) is 5.20. The molecule has 0 radical (unpaired) electrons. The lowest BCUT2D eigenvalue weighted by atomic mass is 10.1. The summed E-state index contributed by atoms with van der Waals surface area (Å²) in [6, 6.07) is 0.892. The lowest BCUT2D eigenvalue weighted by Gasteiger charge is -2.27. The molecule has 1 fully saturated rings. The van der Waals surface area contributed by atoms with E-state index in [1.54, 1.807) is 38.8 Å². The van der Waals surface area contributed by atoms with Gasteiger partial charge < -0.3 is 19.5 Å². The highest BCUT2D eigenvalue weighted by molar-refractivity contribution is 6.10. The van der Waals surface area contributed by atoms with Crippen LogP contribution in [0.4, 0.5) is 10.5 Å². The first-order valence-corrected chi connectivity index (χ1v) is 9.32. The fourth-order valence-corrected chi connectivity index (χ4v) is 3.39. The summed E-state index contributed by atoms with van der Waals surface area (Å²) in [7, 11) is 2.90. The Hall–Kier alpha value is -3.10. The molecule has 1 saturated carbocycles. The smallest absolute Gasteiger partial charge is 0.420 e. The molecule has 1 atom stereocenters. The van der Waals surface area contributed by atoms with E-state index < -0.39 is 29.7 Å². The van der Waals surface area contributed by atoms with Crippen LogP contribution in [0.25, 0.3) is 11.0 Å². The number of pyridine rings is 1. The molecule has 1 aliphatic carbocycles. The number of methoxy groups -OCH3 is 1. The van der Waals surface area contributed by atoms with Crippen LogP contribution in [-0.4, -0.2) is 58.5 Å². The second-order valence-corrected chi connectivity index (χ2v) is 8.14. The number of ether oxygens (including phenoxy) is 2. The minimum atomic E-state index is -0.939. The van der Waals surface area contributed by atoms with Gasteiger partial charge >= 0.3 is 18.0 Å². The number of carbonyl (C=O) groups excluding carboxylic acids is 2. The van der Waals surface area contributed by atoms with Gasteiger partial charge in [0.05, 0.1) is 23.7 Å². The highest BCUT2D eigenvalue weighted by atomic mass is 16.6. The van der Waals surface area contributed by atoms with Crippen LogP contribution in [0.1, 0.15) is 44.0 Å². The Kier molecular flexibility index (Phi) is 5.25. The van der Waals surface area contributed by atoms with Crippen LogP contribution in [0.2, 0.25) is 0 Å². The zero-order valence-electron chi connectivity index (χ0n) is 17.1. The summed E-state index contributed by atoms with van der Waals surface area (Å²) in [4.78, 5) is 42.8. The zero-order valence-corrected chi connectivity index (χ0v) is 17.1. The van der Waals surface area contributed by atoms with Crippen molar-refractivity contribution in [2.24, 2.45) is 5.92 Å². The van der Waals surface area contributed by atoms with Gasteiger partial charge in [-0.2, -0.15) is 0 Å². The molecule has 0 saturated heterocycles. The summed E-state index contributed by atoms with van der Waals surface area (Å²) in [5, 5.41) is 10.1. The van der Waals surface area contributed by atoms with E-state index in [2.05, 4.69) is 4.98 Å². The van der Waals surface area contributed by atoms with Gasteiger partial charge in [0.2, 0.25) is 0 Å². The van der Waals surface area contributed by atoms with Gasteiger partial charge in [0.1, 0.15) is 11.6 Å². The van der Waals surface area contributed by atoms with E-state index in [0.29, 0.717) is 11.1 Å². The van der Waals surface area contributed by atoms with Crippen molar-refractivity contribution in [3.05, 3.63) is 24.0 Å². The lowest BCUT2D eigenvalue weighted by Crippen LogP contribution is -2.40. The molecule has 1 N–H and O–H groups in total.